The Balaban J connectivity index is 1.41. The minimum absolute atomic E-state index is 0.0512. The maximum Gasteiger partial charge on any atom is 0.305 e. The van der Waals surface area contributed by atoms with E-state index in [1.165, 1.54) is 11.1 Å². The van der Waals surface area contributed by atoms with Gasteiger partial charge < -0.3 is 19.5 Å². The summed E-state index contributed by atoms with van der Waals surface area (Å²) >= 11 is 0. The Morgan fingerprint density at radius 2 is 1.82 bits per heavy atom. The number of hydrogen-bond acceptors (Lipinski definition) is 4. The van der Waals surface area contributed by atoms with Gasteiger partial charge in [-0.15, -0.1) is 0 Å². The summed E-state index contributed by atoms with van der Waals surface area (Å²) in [6.07, 6.45) is 2.10. The number of rotatable bonds is 8. The van der Waals surface area contributed by atoms with Crippen LogP contribution in [0.1, 0.15) is 37.3 Å². The molecule has 1 aliphatic rings. The van der Waals surface area contributed by atoms with Gasteiger partial charge in [0.2, 0.25) is 0 Å². The lowest BCUT2D eigenvalue weighted by Gasteiger charge is -2.30. The zero-order valence-corrected chi connectivity index (χ0v) is 19.5. The number of hydrogen-bond donors (Lipinski definition) is 1. The summed E-state index contributed by atoms with van der Waals surface area (Å²) < 4.78 is 11.4. The largest absolute Gasteiger partial charge is 0.497 e. The Morgan fingerprint density at radius 3 is 2.52 bits per heavy atom. The minimum atomic E-state index is -0.744. The molecule has 172 valence electrons. The first-order valence-corrected chi connectivity index (χ1v) is 11.4. The van der Waals surface area contributed by atoms with Gasteiger partial charge in [0.05, 0.1) is 13.5 Å². The molecule has 33 heavy (non-hydrogen) atoms. The molecule has 2 atom stereocenters. The molecule has 4 rings (SSSR count). The van der Waals surface area contributed by atoms with Crippen LogP contribution < -0.4 is 14.4 Å². The smallest absolute Gasteiger partial charge is 0.305 e. The number of anilines is 1. The van der Waals surface area contributed by atoms with E-state index >= 15 is 0 Å². The van der Waals surface area contributed by atoms with Crippen LogP contribution in [0.25, 0.3) is 11.1 Å². The van der Waals surface area contributed by atoms with Gasteiger partial charge in [0.15, 0.2) is 0 Å². The van der Waals surface area contributed by atoms with Crippen LogP contribution in [0.3, 0.4) is 0 Å². The summed E-state index contributed by atoms with van der Waals surface area (Å²) in [6.45, 7) is 4.75. The molecule has 5 heteroatoms. The van der Waals surface area contributed by atoms with Gasteiger partial charge in [-0.05, 0) is 85.3 Å². The van der Waals surface area contributed by atoms with Gasteiger partial charge in [0.1, 0.15) is 18.1 Å². The molecule has 2 unspecified atom stereocenters. The topological polar surface area (TPSA) is 59.0 Å². The third-order valence-corrected chi connectivity index (χ3v) is 6.41. The maximum atomic E-state index is 11.2. The number of ether oxygens (including phenoxy) is 2. The number of aliphatic carboxylic acids is 1. The number of nitrogens with zero attached hydrogens (tertiary/aromatic N) is 1. The molecule has 1 aliphatic heterocycles. The lowest BCUT2D eigenvalue weighted by Crippen LogP contribution is -2.35. The number of carbonyl (C=O) groups is 1. The van der Waals surface area contributed by atoms with Crippen molar-refractivity contribution in [2.75, 3.05) is 12.0 Å². The summed E-state index contributed by atoms with van der Waals surface area (Å²) in [4.78, 5) is 13.4. The van der Waals surface area contributed by atoms with Crippen molar-refractivity contribution in [2.45, 2.75) is 51.8 Å². The lowest BCUT2D eigenvalue weighted by molar-refractivity contribution is -0.137. The molecule has 3 aromatic rings. The van der Waals surface area contributed by atoms with E-state index in [1.807, 2.05) is 42.5 Å². The van der Waals surface area contributed by atoms with Crippen molar-refractivity contribution in [3.8, 4) is 22.6 Å². The second kappa shape index (κ2) is 9.99. The Morgan fingerprint density at radius 1 is 1.03 bits per heavy atom. The number of carboxylic acids is 1. The molecule has 0 radical (unpaired) electrons. The van der Waals surface area contributed by atoms with Gasteiger partial charge >= 0.3 is 5.97 Å². The van der Waals surface area contributed by atoms with Crippen molar-refractivity contribution in [1.29, 1.82) is 0 Å². The zero-order chi connectivity index (χ0) is 23.4. The van der Waals surface area contributed by atoms with Crippen LogP contribution >= 0.6 is 0 Å². The van der Waals surface area contributed by atoms with Crippen molar-refractivity contribution < 1.29 is 19.4 Å². The van der Waals surface area contributed by atoms with E-state index < -0.39 is 5.97 Å². The first-order valence-electron chi connectivity index (χ1n) is 11.4. The molecule has 0 bridgehead atoms. The highest BCUT2D eigenvalue weighted by Crippen LogP contribution is 2.33. The van der Waals surface area contributed by atoms with Gasteiger partial charge in [-0.3, -0.25) is 4.79 Å². The average molecular weight is 446 g/mol. The second-order valence-corrected chi connectivity index (χ2v) is 8.75. The van der Waals surface area contributed by atoms with Gasteiger partial charge in [0, 0.05) is 17.8 Å². The van der Waals surface area contributed by atoms with Crippen LogP contribution in [0, 0.1) is 6.92 Å². The Kier molecular flexibility index (Phi) is 6.87. The first-order chi connectivity index (χ1) is 15.9. The van der Waals surface area contributed by atoms with E-state index in [-0.39, 0.29) is 12.5 Å². The molecule has 1 heterocycles. The Labute approximate surface area is 195 Å². The molecule has 0 amide bonds. The van der Waals surface area contributed by atoms with E-state index in [0.717, 1.165) is 41.2 Å². The number of methoxy groups -OCH3 is 1. The number of benzene rings is 3. The fourth-order valence-electron chi connectivity index (χ4n) is 4.75. The second-order valence-electron chi connectivity index (χ2n) is 8.75. The van der Waals surface area contributed by atoms with Gasteiger partial charge in [-0.1, -0.05) is 30.3 Å². The molecule has 0 aliphatic carbocycles. The van der Waals surface area contributed by atoms with Crippen molar-refractivity contribution >= 4 is 11.7 Å². The molecule has 0 aromatic heterocycles. The Hall–Kier alpha value is -3.47. The monoisotopic (exact) mass is 445 g/mol. The van der Waals surface area contributed by atoms with Crippen molar-refractivity contribution in [1.82, 2.24) is 0 Å². The summed E-state index contributed by atoms with van der Waals surface area (Å²) in [5.41, 5.74) is 5.66. The third kappa shape index (κ3) is 5.30. The predicted molar refractivity (Wildman–Crippen MR) is 131 cm³/mol. The standard InChI is InChI=1S/C28H31NO4/c1-19-15-21(8-14-27(19)22-5-4-6-26(16-22)32-3)18-33-25-12-10-23(11-13-25)29-20(2)7-9-24(29)17-28(30)31/h4-6,8,10-16,20,24H,7,9,17-18H2,1-3H3,(H,30,31). The van der Waals surface area contributed by atoms with E-state index in [2.05, 4.69) is 43.0 Å². The molecule has 1 saturated heterocycles. The zero-order valence-electron chi connectivity index (χ0n) is 19.5. The summed E-state index contributed by atoms with van der Waals surface area (Å²) in [7, 11) is 1.68. The van der Waals surface area contributed by atoms with Crippen LogP contribution in [0.15, 0.2) is 66.7 Å². The van der Waals surface area contributed by atoms with Crippen LogP contribution in [0.4, 0.5) is 5.69 Å². The van der Waals surface area contributed by atoms with E-state index in [9.17, 15) is 9.90 Å². The van der Waals surface area contributed by atoms with Crippen LogP contribution in [-0.2, 0) is 11.4 Å². The third-order valence-electron chi connectivity index (χ3n) is 6.41. The summed E-state index contributed by atoms with van der Waals surface area (Å²) in [5, 5.41) is 9.22. The molecular weight excluding hydrogens is 414 g/mol. The Bertz CT molecular complexity index is 1110. The van der Waals surface area contributed by atoms with Crippen molar-refractivity contribution in [2.24, 2.45) is 0 Å². The van der Waals surface area contributed by atoms with E-state index in [0.29, 0.717) is 12.6 Å². The highest BCUT2D eigenvalue weighted by atomic mass is 16.5. The van der Waals surface area contributed by atoms with Gasteiger partial charge in [0.25, 0.3) is 0 Å². The quantitative estimate of drug-likeness (QED) is 0.455. The molecule has 1 fully saturated rings. The number of aryl methyl sites for hydroxylation is 1. The maximum absolute atomic E-state index is 11.2. The molecule has 0 spiro atoms. The predicted octanol–water partition coefficient (Wildman–Crippen LogP) is 6.08. The van der Waals surface area contributed by atoms with Crippen LogP contribution in [-0.4, -0.2) is 30.3 Å². The fourth-order valence-corrected chi connectivity index (χ4v) is 4.75. The van der Waals surface area contributed by atoms with Crippen molar-refractivity contribution in [3.05, 3.63) is 77.9 Å². The molecule has 1 N–H and O–H groups in total. The highest BCUT2D eigenvalue weighted by Gasteiger charge is 2.32. The van der Waals surface area contributed by atoms with Crippen LogP contribution in [0.2, 0.25) is 0 Å². The van der Waals surface area contributed by atoms with E-state index in [4.69, 9.17) is 9.47 Å². The summed E-state index contributed by atoms with van der Waals surface area (Å²) in [5.74, 6) is 0.905. The molecule has 0 saturated carbocycles. The highest BCUT2D eigenvalue weighted by molar-refractivity contribution is 5.69. The van der Waals surface area contributed by atoms with Crippen LogP contribution in [0.5, 0.6) is 11.5 Å². The van der Waals surface area contributed by atoms with Crippen molar-refractivity contribution in [3.63, 3.8) is 0 Å². The lowest BCUT2D eigenvalue weighted by atomic mass is 9.98. The normalized spacial score (nSPS) is 17.7. The summed E-state index contributed by atoms with van der Waals surface area (Å²) in [6, 6.07) is 22.9. The fraction of sp³-hybridized carbons (Fsp3) is 0.321. The average Bonchev–Trinajstić information content (AvgIpc) is 3.17. The van der Waals surface area contributed by atoms with Gasteiger partial charge in [-0.2, -0.15) is 0 Å². The minimum Gasteiger partial charge on any atom is -0.497 e. The molecular formula is C28H31NO4. The van der Waals surface area contributed by atoms with E-state index in [1.54, 1.807) is 7.11 Å². The molecule has 3 aromatic carbocycles. The molecule has 5 nitrogen and oxygen atoms in total. The van der Waals surface area contributed by atoms with Gasteiger partial charge in [-0.25, -0.2) is 0 Å². The first kappa shape index (κ1) is 22.7. The number of carboxylic acid groups (broad SMARTS) is 1. The SMILES string of the molecule is COc1cccc(-c2ccc(COc3ccc(N4C(C)CCC4CC(=O)O)cc3)cc2C)c1.